The zero-order valence-electron chi connectivity index (χ0n) is 15.0. The summed E-state index contributed by atoms with van der Waals surface area (Å²) in [5.41, 5.74) is 6.31. The van der Waals surface area contributed by atoms with E-state index in [9.17, 15) is 5.11 Å². The Bertz CT molecular complexity index is 701. The highest BCUT2D eigenvalue weighted by molar-refractivity contribution is 5.87. The molecule has 2 heteroatoms. The van der Waals surface area contributed by atoms with Crippen molar-refractivity contribution in [2.24, 2.45) is 4.99 Å². The molecule has 0 aliphatic rings. The van der Waals surface area contributed by atoms with Crippen LogP contribution in [-0.2, 0) is 0 Å². The number of phenolic OH excluding ortho intramolecular Hbond substituents is 1. The largest absolute Gasteiger partial charge is 0.507 e. The average Bonchev–Trinajstić information content (AvgIpc) is 2.48. The van der Waals surface area contributed by atoms with Crippen molar-refractivity contribution >= 4 is 11.9 Å². The first-order valence-corrected chi connectivity index (χ1v) is 8.28. The van der Waals surface area contributed by atoms with Crippen LogP contribution in [0, 0.1) is 13.8 Å². The summed E-state index contributed by atoms with van der Waals surface area (Å²) < 4.78 is 0. The molecule has 2 aromatic carbocycles. The number of hydrogen-bond donors (Lipinski definition) is 1. The van der Waals surface area contributed by atoms with Crippen molar-refractivity contribution in [3.05, 3.63) is 58.1 Å². The normalized spacial score (nSPS) is 11.8. The fourth-order valence-corrected chi connectivity index (χ4v) is 2.89. The van der Waals surface area contributed by atoms with Gasteiger partial charge in [-0.3, -0.25) is 4.99 Å². The molecule has 2 rings (SSSR count). The Morgan fingerprint density at radius 2 is 1.52 bits per heavy atom. The van der Waals surface area contributed by atoms with Gasteiger partial charge in [-0.15, -0.1) is 0 Å². The van der Waals surface area contributed by atoms with Crippen molar-refractivity contribution in [2.75, 3.05) is 0 Å². The molecule has 0 heterocycles. The van der Waals surface area contributed by atoms with Crippen LogP contribution in [-0.4, -0.2) is 11.3 Å². The van der Waals surface area contributed by atoms with Crippen molar-refractivity contribution in [2.45, 2.75) is 53.4 Å². The first kappa shape index (κ1) is 17.3. The maximum atomic E-state index is 10.3. The zero-order chi connectivity index (χ0) is 17.1. The fraction of sp³-hybridized carbons (Fsp3) is 0.381. The van der Waals surface area contributed by atoms with E-state index < -0.39 is 0 Å². The van der Waals surface area contributed by atoms with E-state index in [0.29, 0.717) is 17.6 Å². The molecule has 2 aromatic rings. The first-order valence-electron chi connectivity index (χ1n) is 8.28. The number of hydrogen-bond acceptors (Lipinski definition) is 2. The lowest BCUT2D eigenvalue weighted by molar-refractivity contribution is 0.470. The highest BCUT2D eigenvalue weighted by atomic mass is 16.3. The molecule has 1 N–H and O–H groups in total. The maximum absolute atomic E-state index is 10.3. The molecule has 0 bridgehead atoms. The molecule has 2 nitrogen and oxygen atoms in total. The molecule has 23 heavy (non-hydrogen) atoms. The Balaban J connectivity index is 2.55. The van der Waals surface area contributed by atoms with Gasteiger partial charge in [-0.05, 0) is 54.0 Å². The second kappa shape index (κ2) is 6.99. The Hall–Kier alpha value is -2.09. The highest BCUT2D eigenvalue weighted by Crippen LogP contribution is 2.35. The van der Waals surface area contributed by atoms with Gasteiger partial charge in [0.1, 0.15) is 5.75 Å². The fourth-order valence-electron chi connectivity index (χ4n) is 2.89. The summed E-state index contributed by atoms with van der Waals surface area (Å²) in [5.74, 6) is 1.13. The Kier molecular flexibility index (Phi) is 5.25. The lowest BCUT2D eigenvalue weighted by atomic mass is 9.93. The SMILES string of the molecule is Cc1cc(C)c(O)c(/C=N/c2c(C(C)C)cccc2C(C)C)c1. The molecular formula is C21H27NO. The minimum absolute atomic E-state index is 0.312. The Morgan fingerprint density at radius 3 is 2.04 bits per heavy atom. The molecule has 0 unspecified atom stereocenters. The standard InChI is InChI=1S/C21H27NO/c1-13(2)18-8-7-9-19(14(3)4)20(18)22-12-17-11-15(5)10-16(6)21(17)23/h7-14,23H,1-6H3/b22-12+. The summed E-state index contributed by atoms with van der Waals surface area (Å²) in [6.07, 6.45) is 1.79. The van der Waals surface area contributed by atoms with E-state index in [1.54, 1.807) is 6.21 Å². The Morgan fingerprint density at radius 1 is 0.957 bits per heavy atom. The van der Waals surface area contributed by atoms with Crippen LogP contribution >= 0.6 is 0 Å². The smallest absolute Gasteiger partial charge is 0.127 e. The molecule has 0 fully saturated rings. The van der Waals surface area contributed by atoms with E-state index in [4.69, 9.17) is 4.99 Å². The number of benzene rings is 2. The minimum Gasteiger partial charge on any atom is -0.507 e. The molecular weight excluding hydrogens is 282 g/mol. The van der Waals surface area contributed by atoms with E-state index in [2.05, 4.69) is 45.9 Å². The number of aryl methyl sites for hydroxylation is 2. The summed E-state index contributed by atoms with van der Waals surface area (Å²) in [7, 11) is 0. The molecule has 0 saturated heterocycles. The van der Waals surface area contributed by atoms with Gasteiger partial charge in [0.15, 0.2) is 0 Å². The number of para-hydroxylation sites is 1. The first-order chi connectivity index (χ1) is 10.8. The number of aliphatic imine (C=N–C) groups is 1. The second-order valence-electron chi connectivity index (χ2n) is 6.87. The third kappa shape index (κ3) is 3.82. The molecule has 0 atom stereocenters. The molecule has 0 aromatic heterocycles. The third-order valence-electron chi connectivity index (χ3n) is 4.15. The van der Waals surface area contributed by atoms with Crippen molar-refractivity contribution in [3.63, 3.8) is 0 Å². The van der Waals surface area contributed by atoms with Gasteiger partial charge in [0.05, 0.1) is 5.69 Å². The number of aromatic hydroxyl groups is 1. The van der Waals surface area contributed by atoms with Crippen LogP contribution in [0.4, 0.5) is 5.69 Å². The average molecular weight is 309 g/mol. The quantitative estimate of drug-likeness (QED) is 0.689. The summed E-state index contributed by atoms with van der Waals surface area (Å²) in [4.78, 5) is 4.78. The number of rotatable bonds is 4. The monoisotopic (exact) mass is 309 g/mol. The molecule has 0 aliphatic carbocycles. The van der Waals surface area contributed by atoms with Crippen molar-refractivity contribution in [1.82, 2.24) is 0 Å². The predicted molar refractivity (Wildman–Crippen MR) is 99.5 cm³/mol. The van der Waals surface area contributed by atoms with Gasteiger partial charge in [0.2, 0.25) is 0 Å². The Labute approximate surface area is 139 Å². The molecule has 122 valence electrons. The van der Waals surface area contributed by atoms with Crippen LogP contribution in [0.25, 0.3) is 0 Å². The van der Waals surface area contributed by atoms with Crippen LogP contribution in [0.2, 0.25) is 0 Å². The van der Waals surface area contributed by atoms with Crippen LogP contribution in [0.5, 0.6) is 5.75 Å². The predicted octanol–water partition coefficient (Wildman–Crippen LogP) is 6.01. The summed E-state index contributed by atoms with van der Waals surface area (Å²) in [5, 5.41) is 10.3. The maximum Gasteiger partial charge on any atom is 0.127 e. The van der Waals surface area contributed by atoms with E-state index in [1.165, 1.54) is 11.1 Å². The van der Waals surface area contributed by atoms with Gasteiger partial charge < -0.3 is 5.11 Å². The van der Waals surface area contributed by atoms with Crippen LogP contribution in [0.15, 0.2) is 35.3 Å². The van der Waals surface area contributed by atoms with Gasteiger partial charge in [-0.1, -0.05) is 52.0 Å². The summed E-state index contributed by atoms with van der Waals surface area (Å²) in [6.45, 7) is 12.7. The van der Waals surface area contributed by atoms with Crippen LogP contribution < -0.4 is 0 Å². The van der Waals surface area contributed by atoms with E-state index in [0.717, 1.165) is 22.4 Å². The van der Waals surface area contributed by atoms with Gasteiger partial charge in [-0.25, -0.2) is 0 Å². The summed E-state index contributed by atoms with van der Waals surface area (Å²) in [6, 6.07) is 10.3. The van der Waals surface area contributed by atoms with Crippen LogP contribution in [0.1, 0.15) is 67.3 Å². The molecule has 0 aliphatic heterocycles. The minimum atomic E-state index is 0.312. The summed E-state index contributed by atoms with van der Waals surface area (Å²) >= 11 is 0. The van der Waals surface area contributed by atoms with Crippen molar-refractivity contribution in [1.29, 1.82) is 0 Å². The lowest BCUT2D eigenvalue weighted by Gasteiger charge is -2.16. The van der Waals surface area contributed by atoms with E-state index in [-0.39, 0.29) is 0 Å². The van der Waals surface area contributed by atoms with Crippen molar-refractivity contribution in [3.8, 4) is 5.75 Å². The molecule has 0 spiro atoms. The second-order valence-corrected chi connectivity index (χ2v) is 6.87. The number of nitrogens with zero attached hydrogens (tertiary/aromatic N) is 1. The zero-order valence-corrected chi connectivity index (χ0v) is 15.0. The molecule has 0 radical (unpaired) electrons. The van der Waals surface area contributed by atoms with E-state index in [1.807, 2.05) is 26.0 Å². The lowest BCUT2D eigenvalue weighted by Crippen LogP contribution is -1.96. The van der Waals surface area contributed by atoms with Crippen LogP contribution in [0.3, 0.4) is 0 Å². The highest BCUT2D eigenvalue weighted by Gasteiger charge is 2.13. The van der Waals surface area contributed by atoms with Gasteiger partial charge >= 0.3 is 0 Å². The van der Waals surface area contributed by atoms with Gasteiger partial charge in [0.25, 0.3) is 0 Å². The van der Waals surface area contributed by atoms with Gasteiger partial charge in [0, 0.05) is 11.8 Å². The topological polar surface area (TPSA) is 32.6 Å². The van der Waals surface area contributed by atoms with E-state index >= 15 is 0 Å². The van der Waals surface area contributed by atoms with Gasteiger partial charge in [-0.2, -0.15) is 0 Å². The number of phenols is 1. The third-order valence-corrected chi connectivity index (χ3v) is 4.15. The molecule has 0 amide bonds. The van der Waals surface area contributed by atoms with Crippen molar-refractivity contribution < 1.29 is 5.11 Å². The molecule has 0 saturated carbocycles.